The highest BCUT2D eigenvalue weighted by Gasteiger charge is 2.18. The standard InChI is InChI=1S/C15H24FN3O3S/c1-3-17-15(18-9-11-22-4-2)19-10-12-23(20,21)14-8-6-5-7-13(14)16/h5-8H,3-4,9-12H2,1-2H3,(H2,17,18,19). The number of guanidine groups is 1. The van der Waals surface area contributed by atoms with Crippen LogP contribution in [0.2, 0.25) is 0 Å². The molecular weight excluding hydrogens is 321 g/mol. The predicted molar refractivity (Wildman–Crippen MR) is 88.9 cm³/mol. The maximum absolute atomic E-state index is 13.6. The van der Waals surface area contributed by atoms with E-state index in [-0.39, 0.29) is 17.2 Å². The Hall–Kier alpha value is -1.67. The van der Waals surface area contributed by atoms with Crippen LogP contribution in [0.4, 0.5) is 4.39 Å². The van der Waals surface area contributed by atoms with Gasteiger partial charge in [-0.25, -0.2) is 12.8 Å². The smallest absolute Gasteiger partial charge is 0.191 e. The maximum Gasteiger partial charge on any atom is 0.191 e. The van der Waals surface area contributed by atoms with Gasteiger partial charge in [0.15, 0.2) is 15.8 Å². The number of nitrogens with zero attached hydrogens (tertiary/aromatic N) is 1. The Labute approximate surface area is 137 Å². The molecule has 0 saturated carbocycles. The number of hydrogen-bond acceptors (Lipinski definition) is 4. The largest absolute Gasteiger partial charge is 0.380 e. The zero-order valence-corrected chi connectivity index (χ0v) is 14.3. The van der Waals surface area contributed by atoms with Crippen LogP contribution in [0.3, 0.4) is 0 Å². The minimum Gasteiger partial charge on any atom is -0.380 e. The molecule has 2 N–H and O–H groups in total. The molecule has 8 heteroatoms. The lowest BCUT2D eigenvalue weighted by Gasteiger charge is -2.12. The Morgan fingerprint density at radius 2 is 2.00 bits per heavy atom. The molecule has 1 aromatic carbocycles. The quantitative estimate of drug-likeness (QED) is 0.399. The number of aliphatic imine (C=N–C) groups is 1. The summed E-state index contributed by atoms with van der Waals surface area (Å²) in [6.07, 6.45) is 0. The monoisotopic (exact) mass is 345 g/mol. The van der Waals surface area contributed by atoms with Crippen molar-refractivity contribution in [3.05, 3.63) is 30.1 Å². The second-order valence-corrected chi connectivity index (χ2v) is 6.71. The van der Waals surface area contributed by atoms with Gasteiger partial charge < -0.3 is 15.4 Å². The molecule has 0 atom stereocenters. The Balaban J connectivity index is 2.56. The molecule has 6 nitrogen and oxygen atoms in total. The van der Waals surface area contributed by atoms with Crippen LogP contribution >= 0.6 is 0 Å². The van der Waals surface area contributed by atoms with Crippen molar-refractivity contribution < 1.29 is 17.5 Å². The van der Waals surface area contributed by atoms with Gasteiger partial charge in [-0.1, -0.05) is 12.1 Å². The SMILES string of the molecule is CCNC(=NCCOCC)NCCS(=O)(=O)c1ccccc1F. The van der Waals surface area contributed by atoms with E-state index in [1.807, 2.05) is 13.8 Å². The normalized spacial score (nSPS) is 12.2. The fourth-order valence-corrected chi connectivity index (χ4v) is 3.06. The first-order valence-corrected chi connectivity index (χ1v) is 9.23. The van der Waals surface area contributed by atoms with E-state index in [9.17, 15) is 12.8 Å². The fourth-order valence-electron chi connectivity index (χ4n) is 1.82. The van der Waals surface area contributed by atoms with Gasteiger partial charge in [0.2, 0.25) is 0 Å². The Morgan fingerprint density at radius 3 is 2.65 bits per heavy atom. The van der Waals surface area contributed by atoms with Crippen LogP contribution in [0.1, 0.15) is 13.8 Å². The van der Waals surface area contributed by atoms with E-state index < -0.39 is 15.7 Å². The molecule has 0 saturated heterocycles. The minimum absolute atomic E-state index is 0.136. The van der Waals surface area contributed by atoms with Gasteiger partial charge in [0, 0.05) is 19.7 Å². The summed E-state index contributed by atoms with van der Waals surface area (Å²) in [6, 6.07) is 5.37. The first-order valence-electron chi connectivity index (χ1n) is 7.58. The number of hydrogen-bond donors (Lipinski definition) is 2. The summed E-state index contributed by atoms with van der Waals surface area (Å²) >= 11 is 0. The van der Waals surface area contributed by atoms with E-state index in [0.717, 1.165) is 6.07 Å². The minimum atomic E-state index is -3.68. The molecule has 0 aliphatic rings. The van der Waals surface area contributed by atoms with Crippen molar-refractivity contribution in [1.82, 2.24) is 10.6 Å². The highest BCUT2D eigenvalue weighted by molar-refractivity contribution is 7.91. The zero-order valence-electron chi connectivity index (χ0n) is 13.5. The molecule has 0 radical (unpaired) electrons. The third-order valence-corrected chi connectivity index (χ3v) is 4.63. The van der Waals surface area contributed by atoms with Crippen LogP contribution in [0, 0.1) is 5.82 Å². The third kappa shape index (κ3) is 6.96. The number of rotatable bonds is 9. The van der Waals surface area contributed by atoms with Crippen LogP contribution in [0.15, 0.2) is 34.2 Å². The molecule has 0 aliphatic heterocycles. The average molecular weight is 345 g/mol. The number of benzene rings is 1. The van der Waals surface area contributed by atoms with Crippen LogP contribution in [-0.4, -0.2) is 53.0 Å². The second kappa shape index (κ2) is 10.2. The van der Waals surface area contributed by atoms with Crippen molar-refractivity contribution in [2.24, 2.45) is 4.99 Å². The van der Waals surface area contributed by atoms with Gasteiger partial charge in [-0.3, -0.25) is 4.99 Å². The Bertz CT molecular complexity index is 606. The third-order valence-electron chi connectivity index (χ3n) is 2.89. The van der Waals surface area contributed by atoms with E-state index >= 15 is 0 Å². The number of ether oxygens (including phenoxy) is 1. The number of halogens is 1. The molecule has 0 fully saturated rings. The van der Waals surface area contributed by atoms with Crippen LogP contribution in [0.5, 0.6) is 0 Å². The van der Waals surface area contributed by atoms with E-state index in [4.69, 9.17) is 4.74 Å². The van der Waals surface area contributed by atoms with Gasteiger partial charge in [-0.05, 0) is 26.0 Å². The molecule has 0 amide bonds. The van der Waals surface area contributed by atoms with Gasteiger partial charge in [0.25, 0.3) is 0 Å². The molecule has 23 heavy (non-hydrogen) atoms. The van der Waals surface area contributed by atoms with Crippen LogP contribution < -0.4 is 10.6 Å². The lowest BCUT2D eigenvalue weighted by molar-refractivity contribution is 0.155. The van der Waals surface area contributed by atoms with Crippen LogP contribution in [0.25, 0.3) is 0 Å². The molecule has 0 unspecified atom stereocenters. The lowest BCUT2D eigenvalue weighted by Crippen LogP contribution is -2.39. The summed E-state index contributed by atoms with van der Waals surface area (Å²) in [6.45, 7) is 6.21. The summed E-state index contributed by atoms with van der Waals surface area (Å²) in [4.78, 5) is 3.98. The van der Waals surface area contributed by atoms with Crippen molar-refractivity contribution in [2.75, 3.05) is 38.6 Å². The van der Waals surface area contributed by atoms with E-state index in [1.54, 1.807) is 0 Å². The van der Waals surface area contributed by atoms with Crippen LogP contribution in [-0.2, 0) is 14.6 Å². The van der Waals surface area contributed by atoms with Gasteiger partial charge >= 0.3 is 0 Å². The van der Waals surface area contributed by atoms with Crippen molar-refractivity contribution in [3.63, 3.8) is 0 Å². The molecule has 1 rings (SSSR count). The molecule has 0 spiro atoms. The topological polar surface area (TPSA) is 79.8 Å². The number of nitrogens with one attached hydrogen (secondary N) is 2. The first kappa shape index (κ1) is 19.4. The second-order valence-electron chi connectivity index (χ2n) is 4.63. The van der Waals surface area contributed by atoms with E-state index in [2.05, 4.69) is 15.6 Å². The summed E-state index contributed by atoms with van der Waals surface area (Å²) in [5.41, 5.74) is 0. The molecule has 0 heterocycles. The Morgan fingerprint density at radius 1 is 1.26 bits per heavy atom. The fraction of sp³-hybridized carbons (Fsp3) is 0.533. The summed E-state index contributed by atoms with van der Waals surface area (Å²) < 4.78 is 43.0. The number of sulfone groups is 1. The van der Waals surface area contributed by atoms with Gasteiger partial charge in [-0.15, -0.1) is 0 Å². The molecule has 0 bridgehead atoms. The lowest BCUT2D eigenvalue weighted by atomic mass is 10.3. The van der Waals surface area contributed by atoms with Crippen molar-refractivity contribution >= 4 is 15.8 Å². The molecule has 1 aromatic rings. The van der Waals surface area contributed by atoms with E-state index in [0.29, 0.717) is 32.3 Å². The van der Waals surface area contributed by atoms with Gasteiger partial charge in [-0.2, -0.15) is 0 Å². The molecule has 0 aromatic heterocycles. The van der Waals surface area contributed by atoms with Gasteiger partial charge in [0.1, 0.15) is 10.7 Å². The van der Waals surface area contributed by atoms with Crippen molar-refractivity contribution in [2.45, 2.75) is 18.7 Å². The van der Waals surface area contributed by atoms with Gasteiger partial charge in [0.05, 0.1) is 18.9 Å². The highest BCUT2D eigenvalue weighted by atomic mass is 32.2. The summed E-state index contributed by atoms with van der Waals surface area (Å²) in [5, 5.41) is 5.94. The van der Waals surface area contributed by atoms with Crippen molar-refractivity contribution in [1.29, 1.82) is 0 Å². The molecule has 130 valence electrons. The first-order chi connectivity index (χ1) is 11.0. The van der Waals surface area contributed by atoms with E-state index in [1.165, 1.54) is 18.2 Å². The van der Waals surface area contributed by atoms with Crippen molar-refractivity contribution in [3.8, 4) is 0 Å². The molecule has 0 aliphatic carbocycles. The average Bonchev–Trinajstić information content (AvgIpc) is 2.51. The predicted octanol–water partition coefficient (Wildman–Crippen LogP) is 1.19. The zero-order chi connectivity index (χ0) is 17.1. The summed E-state index contributed by atoms with van der Waals surface area (Å²) in [7, 11) is -3.68. The maximum atomic E-state index is 13.6. The molecular formula is C15H24FN3O3S. The summed E-state index contributed by atoms with van der Waals surface area (Å²) in [5.74, 6) is -0.440. The highest BCUT2D eigenvalue weighted by Crippen LogP contribution is 2.14. The Kier molecular flexibility index (Phi) is 8.57.